The third-order valence-corrected chi connectivity index (χ3v) is 12.0. The lowest BCUT2D eigenvalue weighted by atomic mass is 9.82. The first kappa shape index (κ1) is 30.7. The van der Waals surface area contributed by atoms with Gasteiger partial charge in [0.25, 0.3) is 0 Å². The minimum absolute atomic E-state index is 0.0862. The standard InChI is InChI=1S/C52H40O/c1-51(2,3)36-24-32-12-10-29-14-19-38(40-21-16-34(26-36)46(32)48(29)40)31-18-23-45-44(28-31)43-9-7-8-42(50(43)53-45)39-20-15-30-11-13-33-25-37(52(4,5)6)27-35-17-22-41(39)49(30)47(33)35/h7-28H,1-6H3. The SMILES string of the molecule is CC(C)(C)c1cc2ccc3ccc(-c4ccc5oc6c(-c7ccc8ccc9cc(C(C)(C)C)cc%10ccc7c8c9%10)cccc6c5c4)c4ccc(c1)c2c34. The summed E-state index contributed by atoms with van der Waals surface area (Å²) in [6, 6.07) is 50.5. The maximum Gasteiger partial charge on any atom is 0.143 e. The molecule has 1 nitrogen and oxygen atoms in total. The lowest BCUT2D eigenvalue weighted by Gasteiger charge is -2.22. The Hall–Kier alpha value is -5.92. The molecule has 254 valence electrons. The quantitative estimate of drug-likeness (QED) is 0.166. The molecule has 0 unspecified atom stereocenters. The molecule has 0 aliphatic carbocycles. The van der Waals surface area contributed by atoms with Crippen LogP contribution < -0.4 is 0 Å². The largest absolute Gasteiger partial charge is 0.455 e. The van der Waals surface area contributed by atoms with E-state index in [2.05, 4.69) is 175 Å². The van der Waals surface area contributed by atoms with Crippen molar-refractivity contribution in [2.24, 2.45) is 0 Å². The van der Waals surface area contributed by atoms with Crippen molar-refractivity contribution < 1.29 is 4.42 Å². The lowest BCUT2D eigenvalue weighted by Crippen LogP contribution is -2.10. The van der Waals surface area contributed by atoms with E-state index >= 15 is 0 Å². The monoisotopic (exact) mass is 680 g/mol. The highest BCUT2D eigenvalue weighted by atomic mass is 16.3. The van der Waals surface area contributed by atoms with Gasteiger partial charge in [0, 0.05) is 16.3 Å². The summed E-state index contributed by atoms with van der Waals surface area (Å²) in [5.74, 6) is 0. The fourth-order valence-corrected chi connectivity index (χ4v) is 9.17. The third-order valence-electron chi connectivity index (χ3n) is 12.0. The van der Waals surface area contributed by atoms with Crippen LogP contribution in [-0.2, 0) is 10.8 Å². The average Bonchev–Trinajstić information content (AvgIpc) is 3.53. The second-order valence-corrected chi connectivity index (χ2v) is 17.4. The van der Waals surface area contributed by atoms with Gasteiger partial charge in [0.2, 0.25) is 0 Å². The van der Waals surface area contributed by atoms with Crippen LogP contribution in [0.4, 0.5) is 0 Å². The molecule has 11 aromatic rings. The number of benzene rings is 10. The molecule has 53 heavy (non-hydrogen) atoms. The minimum Gasteiger partial charge on any atom is -0.455 e. The second kappa shape index (κ2) is 10.4. The van der Waals surface area contributed by atoms with Crippen molar-refractivity contribution >= 4 is 86.6 Å². The van der Waals surface area contributed by atoms with E-state index < -0.39 is 0 Å². The summed E-state index contributed by atoms with van der Waals surface area (Å²) in [5, 5.41) is 18.0. The van der Waals surface area contributed by atoms with Gasteiger partial charge in [-0.3, -0.25) is 0 Å². The Kier molecular flexibility index (Phi) is 6.00. The summed E-state index contributed by atoms with van der Waals surface area (Å²) in [4.78, 5) is 0. The summed E-state index contributed by atoms with van der Waals surface area (Å²) in [6.07, 6.45) is 0. The van der Waals surface area contributed by atoms with Crippen molar-refractivity contribution in [2.45, 2.75) is 52.4 Å². The van der Waals surface area contributed by atoms with Crippen molar-refractivity contribution in [3.05, 3.63) is 145 Å². The Balaban J connectivity index is 1.09. The van der Waals surface area contributed by atoms with Crippen LogP contribution in [0.25, 0.3) is 109 Å². The van der Waals surface area contributed by atoms with Crippen molar-refractivity contribution in [3.8, 4) is 22.3 Å². The van der Waals surface area contributed by atoms with Crippen molar-refractivity contribution in [3.63, 3.8) is 0 Å². The Morgan fingerprint density at radius 1 is 0.358 bits per heavy atom. The number of hydrogen-bond donors (Lipinski definition) is 0. The molecule has 10 aromatic carbocycles. The van der Waals surface area contributed by atoms with Crippen molar-refractivity contribution in [1.82, 2.24) is 0 Å². The molecule has 1 heteroatoms. The molecule has 0 radical (unpaired) electrons. The molecule has 1 aromatic heterocycles. The fraction of sp³-hybridized carbons (Fsp3) is 0.154. The van der Waals surface area contributed by atoms with Gasteiger partial charge in [-0.05, 0) is 115 Å². The zero-order valence-corrected chi connectivity index (χ0v) is 31.1. The topological polar surface area (TPSA) is 13.1 Å². The zero-order chi connectivity index (χ0) is 36.0. The van der Waals surface area contributed by atoms with Crippen LogP contribution in [0.3, 0.4) is 0 Å². The number of fused-ring (bicyclic) bond motifs is 3. The average molecular weight is 681 g/mol. The number of furan rings is 1. The first-order valence-electron chi connectivity index (χ1n) is 18.9. The van der Waals surface area contributed by atoms with E-state index in [1.165, 1.54) is 92.5 Å². The normalized spacial score (nSPS) is 13.1. The van der Waals surface area contributed by atoms with E-state index in [-0.39, 0.29) is 10.8 Å². The summed E-state index contributed by atoms with van der Waals surface area (Å²) in [5.41, 5.74) is 9.56. The van der Waals surface area contributed by atoms with E-state index in [0.717, 1.165) is 27.5 Å². The van der Waals surface area contributed by atoms with Gasteiger partial charge in [-0.25, -0.2) is 0 Å². The first-order chi connectivity index (χ1) is 25.5. The molecule has 0 atom stereocenters. The summed E-state index contributed by atoms with van der Waals surface area (Å²) in [6.45, 7) is 13.8. The molecule has 0 spiro atoms. The van der Waals surface area contributed by atoms with Gasteiger partial charge in [-0.15, -0.1) is 0 Å². The lowest BCUT2D eigenvalue weighted by molar-refractivity contribution is 0.591. The van der Waals surface area contributed by atoms with E-state index in [0.29, 0.717) is 0 Å². The molecule has 0 aliphatic heterocycles. The maximum atomic E-state index is 6.79. The van der Waals surface area contributed by atoms with Crippen LogP contribution >= 0.6 is 0 Å². The first-order valence-corrected chi connectivity index (χ1v) is 18.9. The highest BCUT2D eigenvalue weighted by Gasteiger charge is 2.21. The van der Waals surface area contributed by atoms with Crippen molar-refractivity contribution in [2.75, 3.05) is 0 Å². The van der Waals surface area contributed by atoms with Crippen molar-refractivity contribution in [1.29, 1.82) is 0 Å². The van der Waals surface area contributed by atoms with Crippen LogP contribution in [0, 0.1) is 0 Å². The second-order valence-electron chi connectivity index (χ2n) is 17.4. The Bertz CT molecular complexity index is 3250. The van der Waals surface area contributed by atoms with E-state index in [9.17, 15) is 0 Å². The summed E-state index contributed by atoms with van der Waals surface area (Å²) >= 11 is 0. The predicted octanol–water partition coefficient (Wildman–Crippen LogP) is 15.3. The number of para-hydroxylation sites is 1. The summed E-state index contributed by atoms with van der Waals surface area (Å²) in [7, 11) is 0. The molecular weight excluding hydrogens is 641 g/mol. The van der Waals surface area contributed by atoms with Gasteiger partial charge in [0.15, 0.2) is 0 Å². The molecule has 11 rings (SSSR count). The van der Waals surface area contributed by atoms with E-state index in [1.54, 1.807) is 0 Å². The van der Waals surface area contributed by atoms with E-state index in [1.807, 2.05) is 0 Å². The fourth-order valence-electron chi connectivity index (χ4n) is 9.17. The van der Waals surface area contributed by atoms with Gasteiger partial charge >= 0.3 is 0 Å². The molecule has 0 aliphatic rings. The third kappa shape index (κ3) is 4.37. The molecule has 0 saturated carbocycles. The van der Waals surface area contributed by atoms with Gasteiger partial charge in [-0.1, -0.05) is 163 Å². The molecule has 1 heterocycles. The molecule has 0 N–H and O–H groups in total. The molecular formula is C52H40O. The predicted molar refractivity (Wildman–Crippen MR) is 229 cm³/mol. The number of hydrogen-bond acceptors (Lipinski definition) is 1. The van der Waals surface area contributed by atoms with Gasteiger partial charge in [0.1, 0.15) is 11.2 Å². The number of rotatable bonds is 2. The smallest absolute Gasteiger partial charge is 0.143 e. The van der Waals surface area contributed by atoms with Crippen LogP contribution in [0.15, 0.2) is 138 Å². The van der Waals surface area contributed by atoms with Crippen LogP contribution in [0.2, 0.25) is 0 Å². The van der Waals surface area contributed by atoms with Gasteiger partial charge < -0.3 is 4.42 Å². The molecule has 0 amide bonds. The van der Waals surface area contributed by atoms with Crippen LogP contribution in [0.1, 0.15) is 52.7 Å². The van der Waals surface area contributed by atoms with Gasteiger partial charge in [-0.2, -0.15) is 0 Å². The molecule has 0 saturated heterocycles. The van der Waals surface area contributed by atoms with E-state index in [4.69, 9.17) is 4.42 Å². The highest BCUT2D eigenvalue weighted by molar-refractivity contribution is 6.28. The molecule has 0 fully saturated rings. The maximum absolute atomic E-state index is 6.79. The van der Waals surface area contributed by atoms with Crippen LogP contribution in [-0.4, -0.2) is 0 Å². The highest BCUT2D eigenvalue weighted by Crippen LogP contribution is 2.46. The Labute approximate surface area is 309 Å². The zero-order valence-electron chi connectivity index (χ0n) is 31.1. The van der Waals surface area contributed by atoms with Gasteiger partial charge in [0.05, 0.1) is 0 Å². The Morgan fingerprint density at radius 2 is 0.849 bits per heavy atom. The Morgan fingerprint density at radius 3 is 1.42 bits per heavy atom. The molecule has 0 bridgehead atoms. The minimum atomic E-state index is 0.0862. The summed E-state index contributed by atoms with van der Waals surface area (Å²) < 4.78 is 6.79. The van der Waals surface area contributed by atoms with Crippen LogP contribution in [0.5, 0.6) is 0 Å².